The van der Waals surface area contributed by atoms with Gasteiger partial charge in [0.2, 0.25) is 0 Å². The topological polar surface area (TPSA) is 43.5 Å². The van der Waals surface area contributed by atoms with Crippen molar-refractivity contribution in [1.82, 2.24) is 0 Å². The van der Waals surface area contributed by atoms with Crippen molar-refractivity contribution in [3.63, 3.8) is 0 Å². The van der Waals surface area contributed by atoms with Crippen LogP contribution in [-0.2, 0) is 5.54 Å². The SMILES string of the molecule is [C-]#[N+]c1ccc2c(-c3ccccc3)c(-c3ccc(C4(N)CCC4)cc3)oc2c1. The Hall–Kier alpha value is -3.35. The number of nitrogens with zero attached hydrogens (tertiary/aromatic N) is 1. The molecule has 1 heterocycles. The summed E-state index contributed by atoms with van der Waals surface area (Å²) in [4.78, 5) is 3.54. The molecule has 2 N–H and O–H groups in total. The molecule has 4 aromatic rings. The number of fused-ring (bicyclic) bond motifs is 1. The Kier molecular flexibility index (Phi) is 3.82. The third-order valence-corrected chi connectivity index (χ3v) is 5.83. The Bertz CT molecular complexity index is 1190. The quantitative estimate of drug-likeness (QED) is 0.413. The Morgan fingerprint density at radius 2 is 1.64 bits per heavy atom. The molecule has 3 heteroatoms. The number of benzene rings is 3. The summed E-state index contributed by atoms with van der Waals surface area (Å²) < 4.78 is 6.27. The lowest BCUT2D eigenvalue weighted by atomic mass is 9.72. The van der Waals surface area contributed by atoms with Crippen LogP contribution in [0.5, 0.6) is 0 Å². The molecule has 0 amide bonds. The van der Waals surface area contributed by atoms with E-state index in [9.17, 15) is 0 Å². The van der Waals surface area contributed by atoms with Crippen LogP contribution in [0.1, 0.15) is 24.8 Å². The molecule has 0 atom stereocenters. The van der Waals surface area contributed by atoms with Crippen molar-refractivity contribution >= 4 is 16.7 Å². The molecule has 0 unspecified atom stereocenters. The van der Waals surface area contributed by atoms with E-state index in [0.29, 0.717) is 5.69 Å². The minimum Gasteiger partial charge on any atom is -0.457 e. The van der Waals surface area contributed by atoms with E-state index in [4.69, 9.17) is 16.7 Å². The molecule has 3 aromatic carbocycles. The zero-order valence-corrected chi connectivity index (χ0v) is 15.5. The molecule has 0 bridgehead atoms. The maximum Gasteiger partial charge on any atom is 0.190 e. The van der Waals surface area contributed by atoms with E-state index in [1.54, 1.807) is 0 Å². The van der Waals surface area contributed by atoms with Crippen molar-refractivity contribution < 1.29 is 4.42 Å². The summed E-state index contributed by atoms with van der Waals surface area (Å²) in [5, 5.41) is 1.02. The predicted molar refractivity (Wildman–Crippen MR) is 113 cm³/mol. The third kappa shape index (κ3) is 2.62. The highest BCUT2D eigenvalue weighted by molar-refractivity contribution is 6.02. The highest BCUT2D eigenvalue weighted by atomic mass is 16.3. The molecule has 1 fully saturated rings. The zero-order chi connectivity index (χ0) is 19.1. The van der Waals surface area contributed by atoms with Crippen molar-refractivity contribution in [3.8, 4) is 22.5 Å². The second-order valence-corrected chi connectivity index (χ2v) is 7.55. The van der Waals surface area contributed by atoms with Gasteiger partial charge in [0.25, 0.3) is 0 Å². The molecular weight excluding hydrogens is 344 g/mol. The van der Waals surface area contributed by atoms with Crippen LogP contribution >= 0.6 is 0 Å². The lowest BCUT2D eigenvalue weighted by Gasteiger charge is -2.38. The highest BCUT2D eigenvalue weighted by Crippen LogP contribution is 2.43. The van der Waals surface area contributed by atoms with Crippen molar-refractivity contribution in [1.29, 1.82) is 0 Å². The largest absolute Gasteiger partial charge is 0.457 e. The van der Waals surface area contributed by atoms with Crippen LogP contribution in [-0.4, -0.2) is 0 Å². The summed E-state index contributed by atoms with van der Waals surface area (Å²) in [5.41, 5.74) is 12.0. The average Bonchev–Trinajstić information content (AvgIpc) is 3.11. The Morgan fingerprint density at radius 1 is 0.893 bits per heavy atom. The van der Waals surface area contributed by atoms with E-state index in [0.717, 1.165) is 46.3 Å². The first-order chi connectivity index (χ1) is 13.7. The predicted octanol–water partition coefficient (Wildman–Crippen LogP) is 6.66. The van der Waals surface area contributed by atoms with Crippen LogP contribution in [0, 0.1) is 6.57 Å². The molecule has 1 aromatic heterocycles. The number of hydrogen-bond donors (Lipinski definition) is 1. The van der Waals surface area contributed by atoms with E-state index in [-0.39, 0.29) is 5.54 Å². The van der Waals surface area contributed by atoms with Gasteiger partial charge in [0, 0.05) is 22.1 Å². The molecule has 0 saturated heterocycles. The van der Waals surface area contributed by atoms with Gasteiger partial charge in [-0.2, -0.15) is 0 Å². The number of rotatable bonds is 3. The lowest BCUT2D eigenvalue weighted by molar-refractivity contribution is 0.253. The van der Waals surface area contributed by atoms with Gasteiger partial charge in [-0.1, -0.05) is 66.7 Å². The fourth-order valence-electron chi connectivity index (χ4n) is 4.05. The van der Waals surface area contributed by atoms with E-state index in [1.807, 2.05) is 36.4 Å². The molecule has 0 radical (unpaired) electrons. The fraction of sp³-hybridized carbons (Fsp3) is 0.160. The molecule has 0 spiro atoms. The van der Waals surface area contributed by atoms with Crippen LogP contribution < -0.4 is 5.73 Å². The summed E-state index contributed by atoms with van der Waals surface area (Å²) in [6.07, 6.45) is 3.29. The highest BCUT2D eigenvalue weighted by Gasteiger charge is 2.34. The summed E-state index contributed by atoms with van der Waals surface area (Å²) in [5.74, 6) is 0.828. The first-order valence-corrected chi connectivity index (χ1v) is 9.57. The molecule has 1 aliphatic rings. The van der Waals surface area contributed by atoms with Crippen LogP contribution in [0.25, 0.3) is 38.3 Å². The number of nitrogens with two attached hydrogens (primary N) is 1. The van der Waals surface area contributed by atoms with Gasteiger partial charge in [-0.15, -0.1) is 0 Å². The first kappa shape index (κ1) is 16.8. The minimum absolute atomic E-state index is 0.167. The van der Waals surface area contributed by atoms with Crippen LogP contribution in [0.2, 0.25) is 0 Å². The standard InChI is InChI=1S/C25H20N2O/c1-27-20-12-13-21-22(16-20)28-24(23(21)17-6-3-2-4-7-17)18-8-10-19(11-9-18)25(26)14-5-15-25/h2-4,6-13,16H,5,14-15,26H2. The van der Waals surface area contributed by atoms with Gasteiger partial charge in [-0.25, -0.2) is 4.85 Å². The molecule has 5 rings (SSSR count). The van der Waals surface area contributed by atoms with Crippen molar-refractivity contribution in [2.45, 2.75) is 24.8 Å². The van der Waals surface area contributed by atoms with Crippen molar-refractivity contribution in [3.05, 3.63) is 89.8 Å². The van der Waals surface area contributed by atoms with Crippen molar-refractivity contribution in [2.75, 3.05) is 0 Å². The van der Waals surface area contributed by atoms with Gasteiger partial charge in [0.1, 0.15) is 11.3 Å². The van der Waals surface area contributed by atoms with Crippen LogP contribution in [0.3, 0.4) is 0 Å². The summed E-state index contributed by atoms with van der Waals surface area (Å²) in [7, 11) is 0. The Balaban J connectivity index is 1.69. The molecule has 1 saturated carbocycles. The van der Waals surface area contributed by atoms with Crippen LogP contribution in [0.15, 0.2) is 77.2 Å². The van der Waals surface area contributed by atoms with Crippen LogP contribution in [0.4, 0.5) is 5.69 Å². The summed E-state index contributed by atoms with van der Waals surface area (Å²) in [6, 6.07) is 24.3. The van der Waals surface area contributed by atoms with Gasteiger partial charge in [0.15, 0.2) is 5.69 Å². The zero-order valence-electron chi connectivity index (χ0n) is 15.5. The summed E-state index contributed by atoms with van der Waals surface area (Å²) >= 11 is 0. The maximum atomic E-state index is 7.28. The fourth-order valence-corrected chi connectivity index (χ4v) is 4.05. The third-order valence-electron chi connectivity index (χ3n) is 5.83. The minimum atomic E-state index is -0.167. The van der Waals surface area contributed by atoms with Gasteiger partial charge < -0.3 is 10.2 Å². The van der Waals surface area contributed by atoms with E-state index in [2.05, 4.69) is 41.2 Å². The lowest BCUT2D eigenvalue weighted by Crippen LogP contribution is -2.43. The Labute approximate surface area is 164 Å². The van der Waals surface area contributed by atoms with E-state index < -0.39 is 0 Å². The second kappa shape index (κ2) is 6.37. The van der Waals surface area contributed by atoms with E-state index >= 15 is 0 Å². The van der Waals surface area contributed by atoms with Crippen molar-refractivity contribution in [2.24, 2.45) is 5.73 Å². The maximum absolute atomic E-state index is 7.28. The summed E-state index contributed by atoms with van der Waals surface area (Å²) in [6.45, 7) is 7.28. The second-order valence-electron chi connectivity index (χ2n) is 7.55. The van der Waals surface area contributed by atoms with E-state index in [1.165, 1.54) is 12.0 Å². The first-order valence-electron chi connectivity index (χ1n) is 9.57. The number of furan rings is 1. The molecule has 1 aliphatic carbocycles. The van der Waals surface area contributed by atoms with Gasteiger partial charge in [0.05, 0.1) is 6.57 Å². The number of hydrogen-bond acceptors (Lipinski definition) is 2. The molecular formula is C25H20N2O. The van der Waals surface area contributed by atoms with Gasteiger partial charge >= 0.3 is 0 Å². The molecule has 136 valence electrons. The monoisotopic (exact) mass is 364 g/mol. The molecule has 28 heavy (non-hydrogen) atoms. The smallest absolute Gasteiger partial charge is 0.190 e. The molecule has 0 aliphatic heterocycles. The Morgan fingerprint density at radius 3 is 2.29 bits per heavy atom. The van der Waals surface area contributed by atoms with Gasteiger partial charge in [-0.3, -0.25) is 0 Å². The molecule has 3 nitrogen and oxygen atoms in total. The average molecular weight is 364 g/mol. The normalized spacial score (nSPS) is 15.1. The van der Waals surface area contributed by atoms with Gasteiger partial charge in [-0.05, 0) is 36.5 Å².